The first-order valence-corrected chi connectivity index (χ1v) is 3.01. The Balaban J connectivity index is 4.22. The monoisotopic (exact) mass is 164 g/mol. The minimum absolute atomic E-state index is 0.798. The summed E-state index contributed by atoms with van der Waals surface area (Å²) in [5, 5.41) is 28.3. The third-order valence-corrected chi connectivity index (χ3v) is 1.27. The number of hydrogen-bond donors (Lipinski definition) is 5. The summed E-state index contributed by atoms with van der Waals surface area (Å²) in [4.78, 5) is 10.2. The Bertz CT molecular complexity index is 149. The second-order valence-electron chi connectivity index (χ2n) is 2.25. The molecule has 66 valence electrons. The van der Waals surface area contributed by atoms with Crippen molar-refractivity contribution < 1.29 is 20.1 Å². The molecule has 0 spiro atoms. The van der Waals surface area contributed by atoms with Gasteiger partial charge in [0.2, 0.25) is 0 Å². The summed E-state index contributed by atoms with van der Waals surface area (Å²) in [5.41, 5.74) is 2.61. The number of nitrogens with one attached hydrogen (secondary N) is 1. The van der Waals surface area contributed by atoms with E-state index in [1.807, 2.05) is 0 Å². The van der Waals surface area contributed by atoms with Crippen molar-refractivity contribution in [2.24, 2.45) is 5.73 Å². The van der Waals surface area contributed by atoms with Crippen molar-refractivity contribution in [3.8, 4) is 0 Å². The number of carbonyl (C=O) groups is 1. The van der Waals surface area contributed by atoms with Crippen LogP contribution in [-0.4, -0.2) is 39.8 Å². The molecule has 6 N–H and O–H groups in total. The standard InChI is InChI=1S/C5H12N2O4/c1-3(9)5(11,2-8)7-4(6)10/h3,8-9,11H,2H2,1H3,(H3,6,7,10). The molecule has 0 saturated heterocycles. The van der Waals surface area contributed by atoms with Crippen molar-refractivity contribution in [2.75, 3.05) is 6.61 Å². The zero-order chi connectivity index (χ0) is 9.07. The number of carbonyl (C=O) groups excluding carboxylic acids is 1. The molecule has 0 bridgehead atoms. The van der Waals surface area contributed by atoms with Gasteiger partial charge >= 0.3 is 6.03 Å². The summed E-state index contributed by atoms with van der Waals surface area (Å²) in [5.74, 6) is 0. The van der Waals surface area contributed by atoms with Crippen LogP contribution in [0.5, 0.6) is 0 Å². The van der Waals surface area contributed by atoms with E-state index in [0.717, 1.165) is 0 Å². The molecule has 0 radical (unpaired) electrons. The fourth-order valence-corrected chi connectivity index (χ4v) is 0.489. The lowest BCUT2D eigenvalue weighted by atomic mass is 10.1. The molecule has 0 fully saturated rings. The topological polar surface area (TPSA) is 116 Å². The average Bonchev–Trinajstić information content (AvgIpc) is 1.86. The van der Waals surface area contributed by atoms with E-state index in [9.17, 15) is 4.79 Å². The van der Waals surface area contributed by atoms with Crippen LogP contribution in [0.1, 0.15) is 6.92 Å². The summed E-state index contributed by atoms with van der Waals surface area (Å²) < 4.78 is 0. The van der Waals surface area contributed by atoms with Gasteiger partial charge in [-0.05, 0) is 6.92 Å². The highest BCUT2D eigenvalue weighted by Gasteiger charge is 2.32. The van der Waals surface area contributed by atoms with Gasteiger partial charge in [-0.1, -0.05) is 0 Å². The number of amides is 2. The Kier molecular flexibility index (Phi) is 3.24. The lowest BCUT2D eigenvalue weighted by Crippen LogP contribution is -2.59. The molecule has 0 aliphatic rings. The average molecular weight is 164 g/mol. The van der Waals surface area contributed by atoms with Gasteiger partial charge in [-0.2, -0.15) is 0 Å². The second kappa shape index (κ2) is 3.51. The maximum Gasteiger partial charge on any atom is 0.314 e. The molecular weight excluding hydrogens is 152 g/mol. The minimum atomic E-state index is -2.05. The van der Waals surface area contributed by atoms with Crippen molar-refractivity contribution in [1.82, 2.24) is 5.32 Å². The first kappa shape index (κ1) is 10.2. The Labute approximate surface area is 63.6 Å². The predicted molar refractivity (Wildman–Crippen MR) is 36.4 cm³/mol. The van der Waals surface area contributed by atoms with E-state index < -0.39 is 24.5 Å². The van der Waals surface area contributed by atoms with E-state index in [0.29, 0.717) is 0 Å². The van der Waals surface area contributed by atoms with Crippen LogP contribution in [0.3, 0.4) is 0 Å². The van der Waals surface area contributed by atoms with E-state index >= 15 is 0 Å². The molecule has 2 atom stereocenters. The molecule has 6 nitrogen and oxygen atoms in total. The first-order chi connectivity index (χ1) is 4.92. The molecule has 0 aliphatic carbocycles. The fourth-order valence-electron chi connectivity index (χ4n) is 0.489. The van der Waals surface area contributed by atoms with Gasteiger partial charge in [0, 0.05) is 0 Å². The molecule has 0 rings (SSSR count). The molecule has 6 heteroatoms. The van der Waals surface area contributed by atoms with E-state index in [1.165, 1.54) is 6.92 Å². The Hall–Kier alpha value is -0.850. The van der Waals surface area contributed by atoms with Crippen LogP contribution in [0.4, 0.5) is 4.79 Å². The summed E-state index contributed by atoms with van der Waals surface area (Å²) in [6, 6.07) is -1.01. The Morgan fingerprint density at radius 2 is 2.27 bits per heavy atom. The largest absolute Gasteiger partial charge is 0.391 e. The van der Waals surface area contributed by atoms with E-state index in [1.54, 1.807) is 5.32 Å². The highest BCUT2D eigenvalue weighted by Crippen LogP contribution is 2.04. The zero-order valence-corrected chi connectivity index (χ0v) is 6.11. The van der Waals surface area contributed by atoms with Crippen LogP contribution in [0.15, 0.2) is 0 Å². The maximum atomic E-state index is 10.2. The summed E-state index contributed by atoms with van der Waals surface area (Å²) in [6.07, 6.45) is -1.29. The molecular formula is C5H12N2O4. The summed E-state index contributed by atoms with van der Waals surface area (Å²) >= 11 is 0. The number of rotatable bonds is 3. The van der Waals surface area contributed by atoms with E-state index in [-0.39, 0.29) is 0 Å². The number of aliphatic hydroxyl groups excluding tert-OH is 2. The molecule has 0 aromatic heterocycles. The molecule has 0 aliphatic heterocycles. The van der Waals surface area contributed by atoms with Gasteiger partial charge in [0.25, 0.3) is 0 Å². The van der Waals surface area contributed by atoms with Crippen molar-refractivity contribution in [3.63, 3.8) is 0 Å². The van der Waals surface area contributed by atoms with Crippen molar-refractivity contribution >= 4 is 6.03 Å². The van der Waals surface area contributed by atoms with Crippen LogP contribution in [0.2, 0.25) is 0 Å². The third kappa shape index (κ3) is 2.71. The van der Waals surface area contributed by atoms with Crippen LogP contribution in [-0.2, 0) is 0 Å². The van der Waals surface area contributed by atoms with Gasteiger partial charge in [0.15, 0.2) is 5.72 Å². The molecule has 0 aromatic carbocycles. The molecule has 2 unspecified atom stereocenters. The van der Waals surface area contributed by atoms with Gasteiger partial charge in [-0.3, -0.25) is 0 Å². The molecule has 0 saturated carbocycles. The van der Waals surface area contributed by atoms with Gasteiger partial charge in [0.1, 0.15) is 6.10 Å². The van der Waals surface area contributed by atoms with Gasteiger partial charge in [-0.15, -0.1) is 0 Å². The van der Waals surface area contributed by atoms with Crippen molar-refractivity contribution in [1.29, 1.82) is 0 Å². The van der Waals surface area contributed by atoms with Gasteiger partial charge in [-0.25, -0.2) is 4.79 Å². The van der Waals surface area contributed by atoms with Crippen LogP contribution in [0.25, 0.3) is 0 Å². The SMILES string of the molecule is CC(O)C(O)(CO)NC(N)=O. The second-order valence-corrected chi connectivity index (χ2v) is 2.25. The quantitative estimate of drug-likeness (QED) is 0.302. The van der Waals surface area contributed by atoms with Gasteiger partial charge in [0.05, 0.1) is 6.61 Å². The highest BCUT2D eigenvalue weighted by atomic mass is 16.4. The van der Waals surface area contributed by atoms with Gasteiger partial charge < -0.3 is 26.4 Å². The molecule has 0 heterocycles. The van der Waals surface area contributed by atoms with Crippen molar-refractivity contribution in [3.05, 3.63) is 0 Å². The minimum Gasteiger partial charge on any atom is -0.391 e. The zero-order valence-electron chi connectivity index (χ0n) is 6.11. The van der Waals surface area contributed by atoms with Crippen LogP contribution >= 0.6 is 0 Å². The Morgan fingerprint density at radius 3 is 2.36 bits per heavy atom. The molecule has 0 aromatic rings. The third-order valence-electron chi connectivity index (χ3n) is 1.27. The summed E-state index contributed by atoms with van der Waals surface area (Å²) in [6.45, 7) is 0.416. The fraction of sp³-hybridized carbons (Fsp3) is 0.800. The first-order valence-electron chi connectivity index (χ1n) is 3.01. The van der Waals surface area contributed by atoms with Crippen LogP contribution in [0, 0.1) is 0 Å². The number of aliphatic hydroxyl groups is 3. The number of urea groups is 1. The van der Waals surface area contributed by atoms with E-state index in [4.69, 9.17) is 15.3 Å². The number of nitrogens with two attached hydrogens (primary N) is 1. The number of hydrogen-bond acceptors (Lipinski definition) is 4. The highest BCUT2D eigenvalue weighted by molar-refractivity contribution is 5.72. The smallest absolute Gasteiger partial charge is 0.314 e. The summed E-state index contributed by atoms with van der Waals surface area (Å²) in [7, 11) is 0. The number of primary amides is 1. The Morgan fingerprint density at radius 1 is 1.82 bits per heavy atom. The predicted octanol–water partition coefficient (Wildman–Crippen LogP) is -2.28. The maximum absolute atomic E-state index is 10.2. The lowest BCUT2D eigenvalue weighted by molar-refractivity contribution is -0.110. The molecule has 2 amide bonds. The normalized spacial score (nSPS) is 18.5. The van der Waals surface area contributed by atoms with Crippen molar-refractivity contribution in [2.45, 2.75) is 18.8 Å². The van der Waals surface area contributed by atoms with E-state index in [2.05, 4.69) is 5.73 Å². The molecule has 11 heavy (non-hydrogen) atoms. The van der Waals surface area contributed by atoms with Crippen LogP contribution < -0.4 is 11.1 Å². The lowest BCUT2D eigenvalue weighted by Gasteiger charge is -2.28.